The van der Waals surface area contributed by atoms with E-state index >= 15 is 0 Å². The molecule has 51 heavy (non-hydrogen) atoms. The Morgan fingerprint density at radius 1 is 1.14 bits per heavy atom. The van der Waals surface area contributed by atoms with Crippen LogP contribution in [0.2, 0.25) is 0 Å². The SMILES string of the molecule is CCN(C)CC#Cc1ccc(OCCCc2sc(N3CCCc4c3nnc(Nc3nc5ccccc5s3)c4C)nc2C(=O)O)c(F)c1.OCCO. The van der Waals surface area contributed by atoms with Gasteiger partial charge in [0, 0.05) is 28.1 Å². The quantitative estimate of drug-likeness (QED) is 0.0904. The monoisotopic (exact) mass is 733 g/mol. The van der Waals surface area contributed by atoms with Gasteiger partial charge in [-0.25, -0.2) is 19.2 Å². The number of carboxylic acids is 1. The number of hydrogen-bond acceptors (Lipinski definition) is 13. The number of para-hydroxylation sites is 1. The van der Waals surface area contributed by atoms with E-state index in [2.05, 4.69) is 42.2 Å². The highest BCUT2D eigenvalue weighted by atomic mass is 32.1. The van der Waals surface area contributed by atoms with Gasteiger partial charge in [0.25, 0.3) is 0 Å². The van der Waals surface area contributed by atoms with Gasteiger partial charge < -0.3 is 30.3 Å². The number of carbonyl (C=O) groups is 1. The summed E-state index contributed by atoms with van der Waals surface area (Å²) in [4.78, 5) is 26.0. The molecule has 0 saturated heterocycles. The maximum Gasteiger partial charge on any atom is 0.355 e. The number of carboxylic acid groups (broad SMARTS) is 1. The first-order valence-electron chi connectivity index (χ1n) is 16.5. The molecule has 4 N–H and O–H groups in total. The van der Waals surface area contributed by atoms with Crippen LogP contribution in [0.4, 0.5) is 26.3 Å². The van der Waals surface area contributed by atoms with Crippen molar-refractivity contribution in [3.63, 3.8) is 0 Å². The fourth-order valence-corrected chi connectivity index (χ4v) is 7.19. The molecule has 0 spiro atoms. The van der Waals surface area contributed by atoms with E-state index in [4.69, 9.17) is 14.9 Å². The van der Waals surface area contributed by atoms with Gasteiger partial charge in [0.2, 0.25) is 0 Å². The largest absolute Gasteiger partial charge is 0.491 e. The highest BCUT2D eigenvalue weighted by molar-refractivity contribution is 7.22. The molecule has 0 amide bonds. The van der Waals surface area contributed by atoms with Crippen molar-refractivity contribution in [3.05, 3.63) is 75.5 Å². The van der Waals surface area contributed by atoms with Gasteiger partial charge in [-0.15, -0.1) is 21.5 Å². The number of anilines is 4. The Kier molecular flexibility index (Phi) is 13.2. The maximum absolute atomic E-state index is 14.6. The smallest absolute Gasteiger partial charge is 0.355 e. The van der Waals surface area contributed by atoms with Crippen molar-refractivity contribution in [2.75, 3.05) is 56.7 Å². The molecule has 0 atom stereocenters. The second-order valence-electron chi connectivity index (χ2n) is 11.6. The third-order valence-corrected chi connectivity index (χ3v) is 10.1. The predicted octanol–water partition coefficient (Wildman–Crippen LogP) is 5.80. The molecule has 0 aliphatic carbocycles. The second-order valence-corrected chi connectivity index (χ2v) is 13.7. The zero-order valence-corrected chi connectivity index (χ0v) is 30.3. The molecular weight excluding hydrogens is 694 g/mol. The lowest BCUT2D eigenvalue weighted by atomic mass is 10.0. The standard InChI is InChI=1S/C34H34FN7O3S2.C2H6O2/c1-4-41(3)17-7-10-22-15-16-26(24(35)20-22)45-19-9-14-28-29(32(43)44)37-34(47-28)42-18-8-11-23-21(2)30(39-40-31(23)42)38-33-36-25-12-5-6-13-27(25)46-33;3-1-2-4/h5-6,12-13,15-16,20H,4,8-9,11,14,17-19H2,1-3H3,(H,43,44)(H,36,38,39);3-4H,1-2H2. The van der Waals surface area contributed by atoms with Crippen LogP contribution < -0.4 is 15.0 Å². The number of nitrogens with one attached hydrogen (secondary N) is 1. The van der Waals surface area contributed by atoms with Crippen LogP contribution in [0.25, 0.3) is 10.2 Å². The number of fused-ring (bicyclic) bond motifs is 2. The van der Waals surface area contributed by atoms with E-state index in [1.807, 2.05) is 50.1 Å². The van der Waals surface area contributed by atoms with Crippen molar-refractivity contribution in [1.82, 2.24) is 25.1 Å². The lowest BCUT2D eigenvalue weighted by molar-refractivity contribution is 0.0690. The number of thiazole rings is 2. The number of halogens is 1. The Balaban J connectivity index is 0.00000120. The van der Waals surface area contributed by atoms with Crippen molar-refractivity contribution in [1.29, 1.82) is 0 Å². The fraction of sp³-hybridized carbons (Fsp3) is 0.361. The van der Waals surface area contributed by atoms with Crippen LogP contribution >= 0.6 is 22.7 Å². The summed E-state index contributed by atoms with van der Waals surface area (Å²) in [5.41, 5.74) is 3.54. The van der Waals surface area contributed by atoms with Gasteiger partial charge in [0.15, 0.2) is 39.2 Å². The lowest BCUT2D eigenvalue weighted by Crippen LogP contribution is -2.27. The number of aromatic nitrogens is 4. The van der Waals surface area contributed by atoms with Gasteiger partial charge in [0.1, 0.15) is 0 Å². The van der Waals surface area contributed by atoms with Gasteiger partial charge in [-0.1, -0.05) is 42.2 Å². The molecule has 0 fully saturated rings. The number of ether oxygens (including phenoxy) is 1. The molecule has 6 rings (SSSR count). The lowest BCUT2D eigenvalue weighted by Gasteiger charge is -2.28. The van der Waals surface area contributed by atoms with E-state index in [0.717, 1.165) is 45.9 Å². The zero-order valence-electron chi connectivity index (χ0n) is 28.6. The van der Waals surface area contributed by atoms with Crippen molar-refractivity contribution in [3.8, 4) is 17.6 Å². The molecule has 12 nitrogen and oxygen atoms in total. The van der Waals surface area contributed by atoms with Crippen LogP contribution in [0.3, 0.4) is 0 Å². The first-order chi connectivity index (χ1) is 24.7. The minimum atomic E-state index is -1.09. The van der Waals surface area contributed by atoms with E-state index in [9.17, 15) is 14.3 Å². The summed E-state index contributed by atoms with van der Waals surface area (Å²) in [6.45, 7) is 6.17. The van der Waals surface area contributed by atoms with Crippen molar-refractivity contribution < 1.29 is 29.2 Å². The van der Waals surface area contributed by atoms with E-state index in [1.54, 1.807) is 23.5 Å². The normalized spacial score (nSPS) is 12.2. The van der Waals surface area contributed by atoms with Crippen LogP contribution in [0.15, 0.2) is 42.5 Å². The molecule has 0 unspecified atom stereocenters. The molecule has 1 aliphatic rings. The molecule has 4 heterocycles. The van der Waals surface area contributed by atoms with E-state index in [1.165, 1.54) is 17.4 Å². The summed E-state index contributed by atoms with van der Waals surface area (Å²) in [5, 5.41) is 38.9. The number of aromatic carboxylic acids is 1. The minimum absolute atomic E-state index is 0.0127. The molecule has 0 saturated carbocycles. The van der Waals surface area contributed by atoms with Crippen LogP contribution in [0.1, 0.15) is 51.8 Å². The Labute approximate surface area is 303 Å². The van der Waals surface area contributed by atoms with Crippen LogP contribution in [0.5, 0.6) is 5.75 Å². The summed E-state index contributed by atoms with van der Waals surface area (Å²) in [7, 11) is 1.97. The van der Waals surface area contributed by atoms with Crippen LogP contribution in [-0.4, -0.2) is 92.9 Å². The van der Waals surface area contributed by atoms with Gasteiger partial charge in [-0.3, -0.25) is 4.90 Å². The van der Waals surface area contributed by atoms with Crippen molar-refractivity contribution in [2.45, 2.75) is 39.5 Å². The minimum Gasteiger partial charge on any atom is -0.491 e. The molecule has 5 aromatic rings. The maximum atomic E-state index is 14.6. The summed E-state index contributed by atoms with van der Waals surface area (Å²) >= 11 is 2.89. The summed E-state index contributed by atoms with van der Waals surface area (Å²) in [5.74, 6) is 5.91. The predicted molar refractivity (Wildman–Crippen MR) is 199 cm³/mol. The van der Waals surface area contributed by atoms with E-state index in [-0.39, 0.29) is 31.3 Å². The Bertz CT molecular complexity index is 1990. The topological polar surface area (TPSA) is 157 Å². The first kappa shape index (κ1) is 37.5. The van der Waals surface area contributed by atoms with Crippen LogP contribution in [0, 0.1) is 24.6 Å². The number of benzene rings is 2. The third-order valence-electron chi connectivity index (χ3n) is 7.98. The third kappa shape index (κ3) is 9.54. The molecule has 2 aromatic carbocycles. The van der Waals surface area contributed by atoms with Gasteiger partial charge >= 0.3 is 5.97 Å². The van der Waals surface area contributed by atoms with Gasteiger partial charge in [-0.2, -0.15) is 0 Å². The highest BCUT2D eigenvalue weighted by Gasteiger charge is 2.28. The number of hydrogen-bond donors (Lipinski definition) is 4. The van der Waals surface area contributed by atoms with Gasteiger partial charge in [0.05, 0.1) is 36.6 Å². The molecule has 15 heteroatoms. The molecule has 268 valence electrons. The number of rotatable bonds is 12. The number of aryl methyl sites for hydroxylation is 1. The molecule has 0 bridgehead atoms. The summed E-state index contributed by atoms with van der Waals surface area (Å²) in [6, 6.07) is 12.6. The number of nitrogens with zero attached hydrogens (tertiary/aromatic N) is 6. The Morgan fingerprint density at radius 3 is 2.67 bits per heavy atom. The second kappa shape index (κ2) is 18.0. The highest BCUT2D eigenvalue weighted by Crippen LogP contribution is 2.39. The van der Waals surface area contributed by atoms with Crippen molar-refractivity contribution >= 4 is 60.8 Å². The fourth-order valence-electron chi connectivity index (χ4n) is 5.20. The average Bonchev–Trinajstić information content (AvgIpc) is 3.76. The number of aliphatic hydroxyl groups is 2. The Morgan fingerprint density at radius 2 is 1.94 bits per heavy atom. The summed E-state index contributed by atoms with van der Waals surface area (Å²) in [6.07, 6.45) is 2.59. The summed E-state index contributed by atoms with van der Waals surface area (Å²) < 4.78 is 21.4. The molecule has 1 aliphatic heterocycles. The van der Waals surface area contributed by atoms with Crippen LogP contribution in [-0.2, 0) is 12.8 Å². The van der Waals surface area contributed by atoms with E-state index < -0.39 is 11.8 Å². The van der Waals surface area contributed by atoms with Crippen molar-refractivity contribution in [2.24, 2.45) is 0 Å². The van der Waals surface area contributed by atoms with E-state index in [0.29, 0.717) is 53.1 Å². The Hall–Kier alpha value is -4.72. The molecular formula is C36H40FN7O5S2. The average molecular weight is 734 g/mol. The number of aliphatic hydroxyl groups excluding tert-OH is 2. The molecule has 0 radical (unpaired) electrons. The first-order valence-corrected chi connectivity index (χ1v) is 18.2. The zero-order chi connectivity index (χ0) is 36.3. The molecule has 3 aromatic heterocycles. The van der Waals surface area contributed by atoms with Gasteiger partial charge in [-0.05, 0) is 76.5 Å².